The molecule has 0 radical (unpaired) electrons. The second-order valence-corrected chi connectivity index (χ2v) is 6.60. The van der Waals surface area contributed by atoms with Gasteiger partial charge in [0.05, 0.1) is 0 Å². The van der Waals surface area contributed by atoms with Gasteiger partial charge in [0.1, 0.15) is 0 Å². The minimum atomic E-state index is 0.0355. The van der Waals surface area contributed by atoms with E-state index in [1.165, 1.54) is 6.54 Å². The molecule has 0 atom stereocenters. The lowest BCUT2D eigenvalue weighted by atomic mass is 10.2. The fraction of sp³-hybridized carbons (Fsp3) is 0.875. The number of hydrogen-bond donors (Lipinski definition) is 2. The maximum Gasteiger partial charge on any atom is 0.222 e. The highest BCUT2D eigenvalue weighted by Crippen LogP contribution is 2.05. The van der Waals surface area contributed by atoms with E-state index in [9.17, 15) is 4.79 Å². The van der Waals surface area contributed by atoms with Gasteiger partial charge in [0.25, 0.3) is 0 Å². The lowest BCUT2D eigenvalue weighted by Gasteiger charge is -2.37. The van der Waals surface area contributed by atoms with E-state index in [2.05, 4.69) is 39.3 Å². The number of piperazine rings is 1. The molecule has 0 bridgehead atoms. The number of guanidine groups is 1. The fourth-order valence-corrected chi connectivity index (χ4v) is 2.56. The van der Waals surface area contributed by atoms with Crippen LogP contribution in [0.4, 0.5) is 0 Å². The van der Waals surface area contributed by atoms with E-state index in [1.807, 2.05) is 20.9 Å². The molecule has 1 rings (SSSR count). The first-order valence-corrected chi connectivity index (χ1v) is 8.39. The molecule has 6 nitrogen and oxygen atoms in total. The minimum absolute atomic E-state index is 0.0355. The smallest absolute Gasteiger partial charge is 0.222 e. The third kappa shape index (κ3) is 6.64. The van der Waals surface area contributed by atoms with Gasteiger partial charge in [-0.3, -0.25) is 14.7 Å². The third-order valence-corrected chi connectivity index (χ3v) is 3.74. The first-order chi connectivity index (χ1) is 10.4. The first-order valence-electron chi connectivity index (χ1n) is 8.39. The maximum absolute atomic E-state index is 11.5. The van der Waals surface area contributed by atoms with Gasteiger partial charge in [-0.25, -0.2) is 0 Å². The number of amides is 1. The summed E-state index contributed by atoms with van der Waals surface area (Å²) in [6.07, 6.45) is 0. The zero-order chi connectivity index (χ0) is 16.5. The number of rotatable bonds is 6. The molecule has 128 valence electrons. The lowest BCUT2D eigenvalue weighted by molar-refractivity contribution is -0.123. The molecule has 2 N–H and O–H groups in total. The zero-order valence-electron chi connectivity index (χ0n) is 14.9. The van der Waals surface area contributed by atoms with E-state index in [4.69, 9.17) is 0 Å². The predicted molar refractivity (Wildman–Crippen MR) is 92.1 cm³/mol. The average Bonchev–Trinajstić information content (AvgIpc) is 2.47. The van der Waals surface area contributed by atoms with Gasteiger partial charge in [0.15, 0.2) is 5.96 Å². The van der Waals surface area contributed by atoms with E-state index in [0.717, 1.165) is 32.1 Å². The monoisotopic (exact) mass is 311 g/mol. The van der Waals surface area contributed by atoms with E-state index in [0.29, 0.717) is 19.0 Å². The summed E-state index contributed by atoms with van der Waals surface area (Å²) in [5, 5.41) is 6.24. The number of carbonyl (C=O) groups excluding carboxylic acids is 1. The minimum Gasteiger partial charge on any atom is -0.354 e. The fourth-order valence-electron chi connectivity index (χ4n) is 2.56. The highest BCUT2D eigenvalue weighted by molar-refractivity contribution is 5.80. The Balaban J connectivity index is 2.27. The van der Waals surface area contributed by atoms with Crippen LogP contribution in [0.25, 0.3) is 0 Å². The standard InChI is InChI=1S/C16H33N5O/c1-13(2)12-20-8-10-21(11-9-20)16(17-5)19-7-6-18-15(22)14(3)4/h13-14H,6-12H2,1-5H3,(H,17,19)(H,18,22). The molecule has 1 aliphatic rings. The summed E-state index contributed by atoms with van der Waals surface area (Å²) in [7, 11) is 1.82. The molecule has 1 saturated heterocycles. The van der Waals surface area contributed by atoms with Crippen LogP contribution in [-0.2, 0) is 4.79 Å². The maximum atomic E-state index is 11.5. The SMILES string of the molecule is CN=C(NCCNC(=O)C(C)C)N1CCN(CC(C)C)CC1. The van der Waals surface area contributed by atoms with E-state index < -0.39 is 0 Å². The molecule has 0 aromatic heterocycles. The summed E-state index contributed by atoms with van der Waals surface area (Å²) in [6, 6.07) is 0. The van der Waals surface area contributed by atoms with Crippen molar-refractivity contribution in [2.75, 3.05) is 52.9 Å². The topological polar surface area (TPSA) is 60.0 Å². The number of nitrogens with one attached hydrogen (secondary N) is 2. The van der Waals surface area contributed by atoms with Gasteiger partial charge < -0.3 is 15.5 Å². The molecule has 22 heavy (non-hydrogen) atoms. The van der Waals surface area contributed by atoms with Gasteiger partial charge in [-0.05, 0) is 5.92 Å². The van der Waals surface area contributed by atoms with Gasteiger partial charge in [-0.2, -0.15) is 0 Å². The van der Waals surface area contributed by atoms with E-state index in [1.54, 1.807) is 0 Å². The Hall–Kier alpha value is -1.30. The van der Waals surface area contributed by atoms with Gasteiger partial charge >= 0.3 is 0 Å². The number of nitrogens with zero attached hydrogens (tertiary/aromatic N) is 3. The summed E-state index contributed by atoms with van der Waals surface area (Å²) in [4.78, 5) is 20.7. The summed E-state index contributed by atoms with van der Waals surface area (Å²) in [6.45, 7) is 15.0. The molecule has 1 heterocycles. The van der Waals surface area contributed by atoms with Crippen LogP contribution in [0.15, 0.2) is 4.99 Å². The molecule has 6 heteroatoms. The predicted octanol–water partition coefficient (Wildman–Crippen LogP) is 0.608. The number of aliphatic imine (C=N–C) groups is 1. The molecule has 1 aliphatic heterocycles. The van der Waals surface area contributed by atoms with Crippen LogP contribution in [0, 0.1) is 11.8 Å². The molecule has 0 aliphatic carbocycles. The van der Waals surface area contributed by atoms with Crippen molar-refractivity contribution in [2.24, 2.45) is 16.8 Å². The Labute approximate surface area is 135 Å². The largest absolute Gasteiger partial charge is 0.354 e. The van der Waals surface area contributed by atoms with Gasteiger partial charge in [0.2, 0.25) is 5.91 Å². The number of hydrogen-bond acceptors (Lipinski definition) is 3. The second-order valence-electron chi connectivity index (χ2n) is 6.60. The van der Waals surface area contributed by atoms with Gasteiger partial charge in [0, 0.05) is 58.8 Å². The molecule has 1 fully saturated rings. The van der Waals surface area contributed by atoms with Crippen LogP contribution in [0.3, 0.4) is 0 Å². The molecule has 0 aromatic carbocycles. The summed E-state index contributed by atoms with van der Waals surface area (Å²) in [5.41, 5.74) is 0. The first kappa shape index (κ1) is 18.7. The quantitative estimate of drug-likeness (QED) is 0.429. The molecule has 0 saturated carbocycles. The van der Waals surface area contributed by atoms with Crippen LogP contribution in [-0.4, -0.2) is 74.5 Å². The normalized spacial score (nSPS) is 17.2. The van der Waals surface area contributed by atoms with Crippen molar-refractivity contribution in [3.05, 3.63) is 0 Å². The van der Waals surface area contributed by atoms with Gasteiger partial charge in [-0.15, -0.1) is 0 Å². The molecular weight excluding hydrogens is 278 g/mol. The van der Waals surface area contributed by atoms with Crippen LogP contribution < -0.4 is 10.6 Å². The molecule has 1 amide bonds. The van der Waals surface area contributed by atoms with Crippen LogP contribution in [0.1, 0.15) is 27.7 Å². The van der Waals surface area contributed by atoms with E-state index in [-0.39, 0.29) is 11.8 Å². The Kier molecular flexibility index (Phi) is 8.24. The zero-order valence-corrected chi connectivity index (χ0v) is 14.9. The lowest BCUT2D eigenvalue weighted by Crippen LogP contribution is -2.53. The Morgan fingerprint density at radius 1 is 1.05 bits per heavy atom. The Bertz CT molecular complexity index is 360. The van der Waals surface area contributed by atoms with Crippen molar-refractivity contribution >= 4 is 11.9 Å². The van der Waals surface area contributed by atoms with Crippen molar-refractivity contribution in [2.45, 2.75) is 27.7 Å². The van der Waals surface area contributed by atoms with E-state index >= 15 is 0 Å². The average molecular weight is 311 g/mol. The van der Waals surface area contributed by atoms with Crippen molar-refractivity contribution in [1.82, 2.24) is 20.4 Å². The van der Waals surface area contributed by atoms with Crippen molar-refractivity contribution in [3.8, 4) is 0 Å². The van der Waals surface area contributed by atoms with Crippen molar-refractivity contribution in [1.29, 1.82) is 0 Å². The molecular formula is C16H33N5O. The molecule has 0 spiro atoms. The van der Waals surface area contributed by atoms with Crippen LogP contribution in [0.5, 0.6) is 0 Å². The van der Waals surface area contributed by atoms with Crippen molar-refractivity contribution in [3.63, 3.8) is 0 Å². The summed E-state index contributed by atoms with van der Waals surface area (Å²) >= 11 is 0. The summed E-state index contributed by atoms with van der Waals surface area (Å²) in [5.74, 6) is 1.78. The Morgan fingerprint density at radius 2 is 1.64 bits per heavy atom. The Morgan fingerprint density at radius 3 is 2.14 bits per heavy atom. The van der Waals surface area contributed by atoms with Crippen LogP contribution in [0.2, 0.25) is 0 Å². The highest BCUT2D eigenvalue weighted by Gasteiger charge is 2.19. The molecule has 0 unspecified atom stereocenters. The highest BCUT2D eigenvalue weighted by atomic mass is 16.1. The summed E-state index contributed by atoms with van der Waals surface area (Å²) < 4.78 is 0. The molecule has 0 aromatic rings. The van der Waals surface area contributed by atoms with Crippen LogP contribution >= 0.6 is 0 Å². The number of carbonyl (C=O) groups is 1. The van der Waals surface area contributed by atoms with Gasteiger partial charge in [-0.1, -0.05) is 27.7 Å². The second kappa shape index (κ2) is 9.66. The van der Waals surface area contributed by atoms with Crippen molar-refractivity contribution < 1.29 is 4.79 Å². The third-order valence-electron chi connectivity index (χ3n) is 3.74.